The number of methoxy groups -OCH3 is 1. The summed E-state index contributed by atoms with van der Waals surface area (Å²) in [6, 6.07) is 18.3. The molecule has 0 atom stereocenters. The fraction of sp³-hybridized carbons (Fsp3) is 0.269. The van der Waals surface area contributed by atoms with E-state index in [-0.39, 0.29) is 6.03 Å². The third-order valence-electron chi connectivity index (χ3n) is 5.50. The first-order valence-corrected chi connectivity index (χ1v) is 11.1. The Morgan fingerprint density at radius 3 is 2.61 bits per heavy atom. The lowest BCUT2D eigenvalue weighted by Crippen LogP contribution is -2.39. The molecule has 170 valence electrons. The Hall–Kier alpha value is -3.87. The van der Waals surface area contributed by atoms with Crippen LogP contribution in [0.3, 0.4) is 0 Å². The number of urea groups is 1. The maximum absolute atomic E-state index is 12.5. The van der Waals surface area contributed by atoms with Crippen molar-refractivity contribution in [1.29, 1.82) is 0 Å². The predicted molar refractivity (Wildman–Crippen MR) is 128 cm³/mol. The summed E-state index contributed by atoms with van der Waals surface area (Å²) in [6.45, 7) is 1.97. The Bertz CT molecular complexity index is 1070. The van der Waals surface area contributed by atoms with Gasteiger partial charge in [0, 0.05) is 19.5 Å². The minimum Gasteiger partial charge on any atom is -0.493 e. The van der Waals surface area contributed by atoms with Gasteiger partial charge in [-0.2, -0.15) is 0 Å². The first-order chi connectivity index (χ1) is 16.2. The zero-order valence-corrected chi connectivity index (χ0v) is 18.7. The predicted octanol–water partition coefficient (Wildman–Crippen LogP) is 4.82. The smallest absolute Gasteiger partial charge is 0.323 e. The Balaban J connectivity index is 1.26. The standard InChI is InChI=1S/C26H28N4O3/c1-32-25-19-27-24(18-28-25)29-26(31)30-13-10-21(11-14-30)16-22-8-5-9-23(17-22)33-15-12-20-6-3-2-4-7-20/h2-9,16-19H,10-15H2,1H3,(H,27,29,31). The number of nitrogens with one attached hydrogen (secondary N) is 1. The molecule has 0 unspecified atom stereocenters. The summed E-state index contributed by atoms with van der Waals surface area (Å²) >= 11 is 0. The van der Waals surface area contributed by atoms with Crippen LogP contribution in [0.25, 0.3) is 6.08 Å². The second-order valence-corrected chi connectivity index (χ2v) is 7.82. The molecule has 1 aliphatic rings. The third-order valence-corrected chi connectivity index (χ3v) is 5.50. The molecule has 2 heterocycles. The van der Waals surface area contributed by atoms with Gasteiger partial charge in [0.1, 0.15) is 5.75 Å². The number of hydrogen-bond acceptors (Lipinski definition) is 5. The SMILES string of the molecule is COc1cnc(NC(=O)N2CCC(=Cc3cccc(OCCc4ccccc4)c3)CC2)cn1. The van der Waals surface area contributed by atoms with Crippen LogP contribution in [-0.4, -0.2) is 47.7 Å². The van der Waals surface area contributed by atoms with E-state index in [1.54, 1.807) is 4.90 Å². The number of amides is 2. The quantitative estimate of drug-likeness (QED) is 0.566. The molecule has 0 spiro atoms. The Morgan fingerprint density at radius 1 is 1.06 bits per heavy atom. The lowest BCUT2D eigenvalue weighted by molar-refractivity contribution is 0.207. The molecule has 1 aliphatic heterocycles. The maximum atomic E-state index is 12.5. The number of aromatic nitrogens is 2. The van der Waals surface area contributed by atoms with Crippen LogP contribution in [0.1, 0.15) is 24.0 Å². The van der Waals surface area contributed by atoms with Crippen LogP contribution < -0.4 is 14.8 Å². The number of benzene rings is 2. The number of carbonyl (C=O) groups is 1. The number of carbonyl (C=O) groups excluding carboxylic acids is 1. The highest BCUT2D eigenvalue weighted by Crippen LogP contribution is 2.22. The van der Waals surface area contributed by atoms with E-state index in [1.807, 2.05) is 30.3 Å². The Kier molecular flexibility index (Phi) is 7.53. The van der Waals surface area contributed by atoms with Gasteiger partial charge in [0.05, 0.1) is 26.1 Å². The van der Waals surface area contributed by atoms with Gasteiger partial charge < -0.3 is 14.4 Å². The average molecular weight is 445 g/mol. The van der Waals surface area contributed by atoms with Crippen LogP contribution in [0.15, 0.2) is 72.6 Å². The molecule has 4 rings (SSSR count). The number of likely N-dealkylation sites (tertiary alicyclic amines) is 1. The normalized spacial score (nSPS) is 13.4. The Labute approximate surface area is 194 Å². The van der Waals surface area contributed by atoms with Crippen molar-refractivity contribution >= 4 is 17.9 Å². The van der Waals surface area contributed by atoms with E-state index in [2.05, 4.69) is 45.6 Å². The largest absolute Gasteiger partial charge is 0.493 e. The van der Waals surface area contributed by atoms with Crippen molar-refractivity contribution in [2.24, 2.45) is 0 Å². The van der Waals surface area contributed by atoms with E-state index < -0.39 is 0 Å². The molecule has 3 aromatic rings. The first-order valence-electron chi connectivity index (χ1n) is 11.1. The van der Waals surface area contributed by atoms with Crippen molar-refractivity contribution in [3.63, 3.8) is 0 Å². The van der Waals surface area contributed by atoms with Crippen LogP contribution in [0.2, 0.25) is 0 Å². The summed E-state index contributed by atoms with van der Waals surface area (Å²) in [6.07, 6.45) is 7.72. The van der Waals surface area contributed by atoms with E-state index in [9.17, 15) is 4.79 Å². The van der Waals surface area contributed by atoms with Crippen molar-refractivity contribution in [3.05, 3.63) is 83.7 Å². The first kappa shape index (κ1) is 22.3. The van der Waals surface area contributed by atoms with Crippen LogP contribution in [0.4, 0.5) is 10.6 Å². The van der Waals surface area contributed by atoms with Gasteiger partial charge in [-0.05, 0) is 36.1 Å². The highest BCUT2D eigenvalue weighted by atomic mass is 16.5. The number of hydrogen-bond donors (Lipinski definition) is 1. The second kappa shape index (κ2) is 11.1. The minimum absolute atomic E-state index is 0.165. The van der Waals surface area contributed by atoms with Gasteiger partial charge >= 0.3 is 6.03 Å². The molecular formula is C26H28N4O3. The van der Waals surface area contributed by atoms with E-state index in [4.69, 9.17) is 9.47 Å². The molecule has 1 saturated heterocycles. The molecule has 0 bridgehead atoms. The third kappa shape index (κ3) is 6.55. The fourth-order valence-electron chi connectivity index (χ4n) is 3.68. The molecule has 0 radical (unpaired) electrons. The summed E-state index contributed by atoms with van der Waals surface area (Å²) in [5.74, 6) is 1.69. The monoisotopic (exact) mass is 444 g/mol. The zero-order chi connectivity index (χ0) is 22.9. The van der Waals surface area contributed by atoms with Gasteiger partial charge in [0.25, 0.3) is 0 Å². The summed E-state index contributed by atoms with van der Waals surface area (Å²) in [5, 5.41) is 2.79. The summed E-state index contributed by atoms with van der Waals surface area (Å²) in [5.41, 5.74) is 3.71. The van der Waals surface area contributed by atoms with Crippen molar-refractivity contribution in [1.82, 2.24) is 14.9 Å². The van der Waals surface area contributed by atoms with Crippen molar-refractivity contribution in [2.75, 3.05) is 32.1 Å². The Morgan fingerprint density at radius 2 is 1.88 bits per heavy atom. The summed E-state index contributed by atoms with van der Waals surface area (Å²) in [4.78, 5) is 22.5. The molecule has 7 heteroatoms. The maximum Gasteiger partial charge on any atom is 0.323 e. The number of ether oxygens (including phenoxy) is 2. The minimum atomic E-state index is -0.165. The van der Waals surface area contributed by atoms with Gasteiger partial charge in [0.2, 0.25) is 5.88 Å². The lowest BCUT2D eigenvalue weighted by atomic mass is 10.0. The van der Waals surface area contributed by atoms with Crippen molar-refractivity contribution < 1.29 is 14.3 Å². The summed E-state index contributed by atoms with van der Waals surface area (Å²) < 4.78 is 10.9. The van der Waals surface area contributed by atoms with Crippen LogP contribution >= 0.6 is 0 Å². The number of rotatable bonds is 7. The van der Waals surface area contributed by atoms with Gasteiger partial charge in [-0.25, -0.2) is 14.8 Å². The molecule has 1 fully saturated rings. The van der Waals surface area contributed by atoms with Gasteiger partial charge in [-0.15, -0.1) is 0 Å². The lowest BCUT2D eigenvalue weighted by Gasteiger charge is -2.28. The van der Waals surface area contributed by atoms with Crippen molar-refractivity contribution in [2.45, 2.75) is 19.3 Å². The van der Waals surface area contributed by atoms with E-state index >= 15 is 0 Å². The number of anilines is 1. The van der Waals surface area contributed by atoms with Gasteiger partial charge in [-0.1, -0.05) is 54.1 Å². The van der Waals surface area contributed by atoms with Crippen LogP contribution in [-0.2, 0) is 6.42 Å². The van der Waals surface area contributed by atoms with Crippen LogP contribution in [0, 0.1) is 0 Å². The van der Waals surface area contributed by atoms with E-state index in [0.29, 0.717) is 31.4 Å². The molecule has 1 N–H and O–H groups in total. The molecule has 0 saturated carbocycles. The van der Waals surface area contributed by atoms with E-state index in [0.717, 1.165) is 30.6 Å². The molecule has 0 aliphatic carbocycles. The fourth-order valence-corrected chi connectivity index (χ4v) is 3.68. The second-order valence-electron chi connectivity index (χ2n) is 7.82. The summed E-state index contributed by atoms with van der Waals surface area (Å²) in [7, 11) is 1.52. The molecular weight excluding hydrogens is 416 g/mol. The molecule has 2 aromatic carbocycles. The van der Waals surface area contributed by atoms with Crippen LogP contribution in [0.5, 0.6) is 11.6 Å². The highest BCUT2D eigenvalue weighted by Gasteiger charge is 2.19. The number of piperidine rings is 1. The van der Waals surface area contributed by atoms with Crippen molar-refractivity contribution in [3.8, 4) is 11.6 Å². The molecule has 7 nitrogen and oxygen atoms in total. The highest BCUT2D eigenvalue weighted by molar-refractivity contribution is 5.88. The van der Waals surface area contributed by atoms with Gasteiger partial charge in [-0.3, -0.25) is 5.32 Å². The zero-order valence-electron chi connectivity index (χ0n) is 18.7. The van der Waals surface area contributed by atoms with E-state index in [1.165, 1.54) is 30.6 Å². The average Bonchev–Trinajstić information content (AvgIpc) is 2.86. The molecule has 2 amide bonds. The van der Waals surface area contributed by atoms with Gasteiger partial charge in [0.15, 0.2) is 5.82 Å². The number of nitrogens with zero attached hydrogens (tertiary/aromatic N) is 3. The molecule has 33 heavy (non-hydrogen) atoms. The topological polar surface area (TPSA) is 76.6 Å². The molecule has 1 aromatic heterocycles.